The van der Waals surface area contributed by atoms with Gasteiger partial charge in [0.25, 0.3) is 0 Å². The lowest BCUT2D eigenvalue weighted by Crippen LogP contribution is -2.58. The van der Waals surface area contributed by atoms with E-state index in [4.69, 9.17) is 0 Å². The van der Waals surface area contributed by atoms with Gasteiger partial charge in [-0.25, -0.2) is 0 Å². The van der Waals surface area contributed by atoms with E-state index in [2.05, 4.69) is 29.3 Å². The van der Waals surface area contributed by atoms with Gasteiger partial charge in [0.05, 0.1) is 6.04 Å². The fraction of sp³-hybridized carbons (Fsp3) is 0.556. The second-order valence-corrected chi connectivity index (χ2v) is 6.81. The van der Waals surface area contributed by atoms with Gasteiger partial charge < -0.3 is 10.2 Å². The molecule has 5 heteroatoms. The van der Waals surface area contributed by atoms with Crippen molar-refractivity contribution in [2.75, 3.05) is 13.1 Å². The number of piperazine rings is 1. The van der Waals surface area contributed by atoms with Crippen LogP contribution in [0.15, 0.2) is 24.3 Å². The first kappa shape index (κ1) is 16.0. The normalized spacial score (nSPS) is 27.9. The van der Waals surface area contributed by atoms with Gasteiger partial charge in [0.2, 0.25) is 11.8 Å². The molecule has 2 saturated heterocycles. The Morgan fingerprint density at radius 1 is 1.30 bits per heavy atom. The van der Waals surface area contributed by atoms with Gasteiger partial charge in [0, 0.05) is 38.6 Å². The van der Waals surface area contributed by atoms with Crippen LogP contribution in [0.25, 0.3) is 0 Å². The topological polar surface area (TPSA) is 52.7 Å². The number of benzene rings is 1. The molecule has 1 aromatic carbocycles. The van der Waals surface area contributed by atoms with Crippen molar-refractivity contribution >= 4 is 11.8 Å². The third-order valence-electron chi connectivity index (χ3n) is 5.09. The van der Waals surface area contributed by atoms with Crippen molar-refractivity contribution in [1.82, 2.24) is 15.1 Å². The Hall–Kier alpha value is -1.88. The van der Waals surface area contributed by atoms with E-state index in [1.165, 1.54) is 18.1 Å². The predicted octanol–water partition coefficient (Wildman–Crippen LogP) is 1.30. The first-order chi connectivity index (χ1) is 11.0. The first-order valence-electron chi connectivity index (χ1n) is 8.32. The van der Waals surface area contributed by atoms with Crippen LogP contribution in [0.2, 0.25) is 0 Å². The van der Waals surface area contributed by atoms with Crippen LogP contribution in [0.1, 0.15) is 31.4 Å². The summed E-state index contributed by atoms with van der Waals surface area (Å²) in [7, 11) is 0. The molecule has 5 nitrogen and oxygen atoms in total. The summed E-state index contributed by atoms with van der Waals surface area (Å²) in [5, 5.41) is 2.96. The molecule has 0 aromatic heterocycles. The van der Waals surface area contributed by atoms with Crippen LogP contribution in [0.3, 0.4) is 0 Å². The Bertz CT molecular complexity index is 616. The highest BCUT2D eigenvalue weighted by Gasteiger charge is 2.43. The molecule has 0 bridgehead atoms. The number of amides is 2. The van der Waals surface area contributed by atoms with E-state index in [9.17, 15) is 9.59 Å². The Kier molecular flexibility index (Phi) is 4.39. The lowest BCUT2D eigenvalue weighted by molar-refractivity contribution is -0.143. The van der Waals surface area contributed by atoms with Gasteiger partial charge in [-0.3, -0.25) is 14.5 Å². The van der Waals surface area contributed by atoms with Crippen molar-refractivity contribution in [2.24, 2.45) is 0 Å². The molecule has 3 rings (SSSR count). The molecule has 0 saturated carbocycles. The predicted molar refractivity (Wildman–Crippen MR) is 88.8 cm³/mol. The number of hydrogen-bond donors (Lipinski definition) is 1. The van der Waals surface area contributed by atoms with E-state index >= 15 is 0 Å². The van der Waals surface area contributed by atoms with E-state index in [0.717, 1.165) is 19.5 Å². The maximum Gasteiger partial charge on any atom is 0.240 e. The van der Waals surface area contributed by atoms with Gasteiger partial charge >= 0.3 is 0 Å². The minimum atomic E-state index is -0.109. The molecular formula is C18H25N3O2. The highest BCUT2D eigenvalue weighted by molar-refractivity contribution is 5.83. The number of nitrogens with one attached hydrogen (secondary N) is 1. The minimum Gasteiger partial charge on any atom is -0.352 e. The van der Waals surface area contributed by atoms with Crippen LogP contribution in [-0.4, -0.2) is 52.8 Å². The number of carbonyl (C=O) groups is 2. The maximum atomic E-state index is 12.7. The van der Waals surface area contributed by atoms with Crippen molar-refractivity contribution in [1.29, 1.82) is 0 Å². The molecule has 124 valence electrons. The summed E-state index contributed by atoms with van der Waals surface area (Å²) in [5.41, 5.74) is 2.54. The molecule has 1 N–H and O–H groups in total. The average Bonchev–Trinajstić information content (AvgIpc) is 2.88. The van der Waals surface area contributed by atoms with Crippen LogP contribution < -0.4 is 5.32 Å². The zero-order valence-electron chi connectivity index (χ0n) is 14.1. The molecule has 0 spiro atoms. The Balaban J connectivity index is 1.72. The van der Waals surface area contributed by atoms with E-state index in [1.54, 1.807) is 0 Å². The van der Waals surface area contributed by atoms with E-state index in [-0.39, 0.29) is 29.9 Å². The van der Waals surface area contributed by atoms with Gasteiger partial charge in [0.1, 0.15) is 0 Å². The Morgan fingerprint density at radius 3 is 2.74 bits per heavy atom. The molecule has 0 unspecified atom stereocenters. The monoisotopic (exact) mass is 315 g/mol. The van der Waals surface area contributed by atoms with Crippen molar-refractivity contribution in [2.45, 2.75) is 51.9 Å². The fourth-order valence-corrected chi connectivity index (χ4v) is 3.78. The van der Waals surface area contributed by atoms with Gasteiger partial charge in [-0.05, 0) is 31.4 Å². The molecule has 0 aliphatic carbocycles. The zero-order valence-corrected chi connectivity index (χ0v) is 14.1. The first-order valence-corrected chi connectivity index (χ1v) is 8.32. The summed E-state index contributed by atoms with van der Waals surface area (Å²) in [6.45, 7) is 7.95. The molecule has 1 aromatic rings. The third kappa shape index (κ3) is 3.24. The summed E-state index contributed by atoms with van der Waals surface area (Å²) in [4.78, 5) is 28.2. The van der Waals surface area contributed by atoms with E-state index < -0.39 is 0 Å². The minimum absolute atomic E-state index is 0.0212. The maximum absolute atomic E-state index is 12.7. The molecule has 2 aliphatic rings. The van der Waals surface area contributed by atoms with Crippen molar-refractivity contribution < 1.29 is 9.59 Å². The van der Waals surface area contributed by atoms with Gasteiger partial charge in [-0.1, -0.05) is 24.3 Å². The molecule has 2 aliphatic heterocycles. The highest BCUT2D eigenvalue weighted by atomic mass is 16.2. The third-order valence-corrected chi connectivity index (χ3v) is 5.09. The second-order valence-electron chi connectivity index (χ2n) is 6.81. The van der Waals surface area contributed by atoms with Crippen LogP contribution in [-0.2, 0) is 16.1 Å². The lowest BCUT2D eigenvalue weighted by atomic mass is 10.0. The average molecular weight is 315 g/mol. The lowest BCUT2D eigenvalue weighted by Gasteiger charge is -2.41. The Labute approximate surface area is 137 Å². The van der Waals surface area contributed by atoms with Crippen molar-refractivity contribution in [3.05, 3.63) is 35.4 Å². The van der Waals surface area contributed by atoms with Gasteiger partial charge in [0.15, 0.2) is 0 Å². The van der Waals surface area contributed by atoms with Gasteiger partial charge in [-0.2, -0.15) is 0 Å². The largest absolute Gasteiger partial charge is 0.352 e. The van der Waals surface area contributed by atoms with Crippen LogP contribution in [0.5, 0.6) is 0 Å². The van der Waals surface area contributed by atoms with E-state index in [0.29, 0.717) is 6.54 Å². The van der Waals surface area contributed by atoms with Crippen LogP contribution in [0, 0.1) is 6.92 Å². The van der Waals surface area contributed by atoms with Crippen LogP contribution >= 0.6 is 0 Å². The van der Waals surface area contributed by atoms with Crippen molar-refractivity contribution in [3.63, 3.8) is 0 Å². The number of carbonyl (C=O) groups excluding carboxylic acids is 2. The summed E-state index contributed by atoms with van der Waals surface area (Å²) >= 11 is 0. The standard InChI is InChI=1S/C18H25N3O2/c1-12-6-4-5-7-15(12)9-20-11-17-8-16(19-14(3)22)10-21(17)18(23)13(20)2/h4-7,13,16-17H,8-11H2,1-3H3,(H,19,22)/t13-,16-,17-/m0/s1. The number of nitrogens with zero attached hydrogens (tertiary/aromatic N) is 2. The number of aryl methyl sites for hydroxylation is 1. The number of fused-ring (bicyclic) bond motifs is 1. The SMILES string of the molecule is CC(=O)N[C@H]1C[C@H]2CN(Cc3ccccc3C)[C@@H](C)C(=O)N2C1. The summed E-state index contributed by atoms with van der Waals surface area (Å²) in [6, 6.07) is 8.52. The Morgan fingerprint density at radius 2 is 2.04 bits per heavy atom. The smallest absolute Gasteiger partial charge is 0.240 e. The van der Waals surface area contributed by atoms with Crippen molar-refractivity contribution in [3.8, 4) is 0 Å². The fourth-order valence-electron chi connectivity index (χ4n) is 3.78. The quantitative estimate of drug-likeness (QED) is 0.915. The van der Waals surface area contributed by atoms with Crippen LogP contribution in [0.4, 0.5) is 0 Å². The molecule has 23 heavy (non-hydrogen) atoms. The highest BCUT2D eigenvalue weighted by Crippen LogP contribution is 2.27. The number of rotatable bonds is 3. The molecule has 2 amide bonds. The van der Waals surface area contributed by atoms with E-state index in [1.807, 2.05) is 24.0 Å². The molecule has 2 fully saturated rings. The molecule has 3 atom stereocenters. The second kappa shape index (κ2) is 6.32. The molecule has 0 radical (unpaired) electrons. The number of hydrogen-bond acceptors (Lipinski definition) is 3. The summed E-state index contributed by atoms with van der Waals surface area (Å²) in [5.74, 6) is 0.162. The van der Waals surface area contributed by atoms with Gasteiger partial charge in [-0.15, -0.1) is 0 Å². The summed E-state index contributed by atoms with van der Waals surface area (Å²) in [6.07, 6.45) is 0.850. The zero-order chi connectivity index (χ0) is 16.6. The molecular weight excluding hydrogens is 290 g/mol. The molecule has 2 heterocycles. The summed E-state index contributed by atoms with van der Waals surface area (Å²) < 4.78 is 0.